The molecule has 1 fully saturated rings. The molecule has 4 nitrogen and oxygen atoms in total. The predicted octanol–water partition coefficient (Wildman–Crippen LogP) is 3.27. The van der Waals surface area contributed by atoms with Crippen LogP contribution in [0.2, 0.25) is 5.02 Å². The monoisotopic (exact) mass is 283 g/mol. The number of ether oxygens (including phenoxy) is 1. The Morgan fingerprint density at radius 3 is 3.11 bits per heavy atom. The summed E-state index contributed by atoms with van der Waals surface area (Å²) in [5.41, 5.74) is 1.55. The summed E-state index contributed by atoms with van der Waals surface area (Å²) in [6, 6.07) is 1.85. The van der Waals surface area contributed by atoms with Gasteiger partial charge in [0.15, 0.2) is 10.4 Å². The topological polar surface area (TPSA) is 42.8 Å². The highest BCUT2D eigenvalue weighted by Crippen LogP contribution is 2.35. The highest BCUT2D eigenvalue weighted by atomic mass is 35.5. The second-order valence-electron chi connectivity index (χ2n) is 4.91. The van der Waals surface area contributed by atoms with Crippen LogP contribution < -0.4 is 0 Å². The van der Waals surface area contributed by atoms with E-state index >= 15 is 0 Å². The Morgan fingerprint density at radius 2 is 2.44 bits per heavy atom. The van der Waals surface area contributed by atoms with Crippen molar-refractivity contribution >= 4 is 35.0 Å². The Balaban J connectivity index is 2.29. The normalized spacial score (nSPS) is 28.1. The van der Waals surface area contributed by atoms with Crippen molar-refractivity contribution in [1.29, 1.82) is 0 Å². The molecule has 6 heteroatoms. The van der Waals surface area contributed by atoms with Crippen LogP contribution in [-0.2, 0) is 10.3 Å². The molecule has 0 saturated carbocycles. The van der Waals surface area contributed by atoms with Crippen molar-refractivity contribution in [3.63, 3.8) is 0 Å². The molecule has 1 aliphatic heterocycles. The van der Waals surface area contributed by atoms with E-state index in [2.05, 4.69) is 28.4 Å². The summed E-state index contributed by atoms with van der Waals surface area (Å²) in [5, 5.41) is 0.603. The van der Waals surface area contributed by atoms with E-state index in [-0.39, 0.29) is 11.6 Å². The number of halogens is 1. The van der Waals surface area contributed by atoms with E-state index in [1.807, 2.05) is 6.07 Å². The molecule has 0 spiro atoms. The van der Waals surface area contributed by atoms with Crippen LogP contribution in [0.5, 0.6) is 0 Å². The smallest absolute Gasteiger partial charge is 0.179 e. The fraction of sp³-hybridized carbons (Fsp3) is 0.500. The van der Waals surface area contributed by atoms with Crippen LogP contribution in [0.4, 0.5) is 0 Å². The number of pyridine rings is 1. The van der Waals surface area contributed by atoms with Crippen molar-refractivity contribution in [2.24, 2.45) is 0 Å². The zero-order valence-electron chi connectivity index (χ0n) is 10.2. The van der Waals surface area contributed by atoms with Gasteiger partial charge in [0.05, 0.1) is 22.2 Å². The molecule has 0 amide bonds. The number of fused-ring (bicyclic) bond motifs is 1. The Labute approximate surface area is 115 Å². The third-order valence-electron chi connectivity index (χ3n) is 3.85. The Morgan fingerprint density at radius 1 is 1.67 bits per heavy atom. The molecule has 1 aliphatic rings. The molecule has 18 heavy (non-hydrogen) atoms. The van der Waals surface area contributed by atoms with Gasteiger partial charge in [0.25, 0.3) is 0 Å². The molecule has 0 aromatic carbocycles. The summed E-state index contributed by atoms with van der Waals surface area (Å²) < 4.78 is 8.41. The van der Waals surface area contributed by atoms with Gasteiger partial charge in [-0.05, 0) is 38.6 Å². The lowest BCUT2D eigenvalue weighted by molar-refractivity contribution is 0.0768. The minimum Gasteiger partial charge on any atom is -0.376 e. The minimum atomic E-state index is -0.157. The fourth-order valence-corrected chi connectivity index (χ4v) is 3.13. The summed E-state index contributed by atoms with van der Waals surface area (Å²) in [7, 11) is 0. The van der Waals surface area contributed by atoms with Gasteiger partial charge in [0, 0.05) is 12.8 Å². The largest absolute Gasteiger partial charge is 0.376 e. The molecule has 1 N–H and O–H groups in total. The van der Waals surface area contributed by atoms with Crippen LogP contribution in [0.3, 0.4) is 0 Å². The zero-order chi connectivity index (χ0) is 12.9. The van der Waals surface area contributed by atoms with E-state index in [1.165, 1.54) is 0 Å². The van der Waals surface area contributed by atoms with E-state index in [1.54, 1.807) is 6.20 Å². The molecular formula is C12H14ClN3OS. The van der Waals surface area contributed by atoms with Crippen LogP contribution >= 0.6 is 23.8 Å². The number of aromatic nitrogens is 3. The fourth-order valence-electron chi connectivity index (χ4n) is 2.56. The van der Waals surface area contributed by atoms with Crippen LogP contribution in [-0.4, -0.2) is 27.2 Å². The average molecular weight is 284 g/mol. The second-order valence-corrected chi connectivity index (χ2v) is 5.73. The van der Waals surface area contributed by atoms with Gasteiger partial charge in [-0.3, -0.25) is 4.57 Å². The van der Waals surface area contributed by atoms with Crippen molar-refractivity contribution in [2.45, 2.75) is 31.9 Å². The Bertz CT molecular complexity index is 665. The van der Waals surface area contributed by atoms with Gasteiger partial charge in [0.2, 0.25) is 0 Å². The molecule has 3 rings (SSSR count). The highest BCUT2D eigenvalue weighted by Gasteiger charge is 2.40. The molecule has 0 radical (unpaired) electrons. The van der Waals surface area contributed by atoms with Gasteiger partial charge in [-0.25, -0.2) is 4.98 Å². The van der Waals surface area contributed by atoms with Gasteiger partial charge in [-0.1, -0.05) is 11.6 Å². The first kappa shape index (κ1) is 12.1. The van der Waals surface area contributed by atoms with Gasteiger partial charge >= 0.3 is 0 Å². The molecule has 0 bridgehead atoms. The number of nitrogens with zero attached hydrogens (tertiary/aromatic N) is 2. The molecule has 0 aliphatic carbocycles. The average Bonchev–Trinajstić information content (AvgIpc) is 2.79. The summed E-state index contributed by atoms with van der Waals surface area (Å²) in [5.74, 6) is 0. The quantitative estimate of drug-likeness (QED) is 0.817. The second kappa shape index (κ2) is 4.05. The highest BCUT2D eigenvalue weighted by molar-refractivity contribution is 7.71. The maximum Gasteiger partial charge on any atom is 0.179 e. The van der Waals surface area contributed by atoms with Gasteiger partial charge in [-0.2, -0.15) is 0 Å². The van der Waals surface area contributed by atoms with Crippen LogP contribution in [0.15, 0.2) is 12.3 Å². The molecule has 1 saturated heterocycles. The number of hydrogen-bond acceptors (Lipinski definition) is 3. The first-order valence-corrected chi connectivity index (χ1v) is 6.69. The minimum absolute atomic E-state index is 0.112. The number of nitrogens with one attached hydrogen (secondary N) is 1. The van der Waals surface area contributed by atoms with Crippen molar-refractivity contribution in [3.8, 4) is 0 Å². The molecule has 2 aromatic rings. The van der Waals surface area contributed by atoms with E-state index in [9.17, 15) is 0 Å². The van der Waals surface area contributed by atoms with Crippen LogP contribution in [0.25, 0.3) is 11.2 Å². The molecule has 2 unspecified atom stereocenters. The molecule has 3 heterocycles. The third-order valence-corrected chi connectivity index (χ3v) is 4.34. The standard InChI is InChI=1S/C12H14ClN3OS/c1-7-12(2,3-4-17-7)16-10-9(15-11(16)18)5-8(13)6-14-10/h5-7H,3-4H2,1-2H3,(H,15,18). The number of imidazole rings is 1. The SMILES string of the molecule is CC1OCCC1(C)n1c(=S)[nH]c2cc(Cl)cnc21. The first-order valence-electron chi connectivity index (χ1n) is 5.91. The van der Waals surface area contributed by atoms with Crippen molar-refractivity contribution in [2.75, 3.05) is 6.61 Å². The summed E-state index contributed by atoms with van der Waals surface area (Å²) in [6.07, 6.45) is 2.69. The summed E-state index contributed by atoms with van der Waals surface area (Å²) in [4.78, 5) is 7.57. The first-order chi connectivity index (χ1) is 8.52. The maximum absolute atomic E-state index is 5.95. The Hall–Kier alpha value is -0.910. The van der Waals surface area contributed by atoms with E-state index in [0.29, 0.717) is 9.79 Å². The molecular weight excluding hydrogens is 270 g/mol. The third kappa shape index (κ3) is 1.61. The summed E-state index contributed by atoms with van der Waals surface area (Å²) >= 11 is 11.4. The molecule has 2 aromatic heterocycles. The van der Waals surface area contributed by atoms with Crippen molar-refractivity contribution in [3.05, 3.63) is 22.1 Å². The molecule has 2 atom stereocenters. The van der Waals surface area contributed by atoms with Gasteiger partial charge in [-0.15, -0.1) is 0 Å². The predicted molar refractivity (Wildman–Crippen MR) is 73.6 cm³/mol. The van der Waals surface area contributed by atoms with Crippen LogP contribution in [0.1, 0.15) is 20.3 Å². The van der Waals surface area contributed by atoms with Gasteiger partial charge in [0.1, 0.15) is 0 Å². The zero-order valence-corrected chi connectivity index (χ0v) is 11.8. The molecule has 96 valence electrons. The van der Waals surface area contributed by atoms with Crippen LogP contribution in [0, 0.1) is 4.77 Å². The number of aromatic amines is 1. The lowest BCUT2D eigenvalue weighted by Gasteiger charge is -2.29. The lowest BCUT2D eigenvalue weighted by Crippen LogP contribution is -2.37. The lowest BCUT2D eigenvalue weighted by atomic mass is 9.94. The van der Waals surface area contributed by atoms with Gasteiger partial charge < -0.3 is 9.72 Å². The van der Waals surface area contributed by atoms with E-state index < -0.39 is 0 Å². The number of rotatable bonds is 1. The van der Waals surface area contributed by atoms with E-state index in [4.69, 9.17) is 28.6 Å². The Kier molecular flexibility index (Phi) is 2.73. The number of hydrogen-bond donors (Lipinski definition) is 1. The number of H-pyrrole nitrogens is 1. The van der Waals surface area contributed by atoms with Crippen molar-refractivity contribution < 1.29 is 4.74 Å². The maximum atomic E-state index is 5.95. The summed E-state index contributed by atoms with van der Waals surface area (Å²) in [6.45, 7) is 4.98. The van der Waals surface area contributed by atoms with E-state index in [0.717, 1.165) is 24.2 Å². The van der Waals surface area contributed by atoms with Crippen molar-refractivity contribution in [1.82, 2.24) is 14.5 Å².